The molecule has 1 saturated carbocycles. The van der Waals surface area contributed by atoms with Crippen molar-refractivity contribution in [1.82, 2.24) is 15.2 Å². The first kappa shape index (κ1) is 21.7. The normalized spacial score (nSPS) is 24.8. The molecule has 1 saturated heterocycles. The van der Waals surface area contributed by atoms with Crippen molar-refractivity contribution in [3.05, 3.63) is 23.4 Å². The summed E-state index contributed by atoms with van der Waals surface area (Å²) >= 11 is 5.85. The van der Waals surface area contributed by atoms with Gasteiger partial charge in [-0.15, -0.1) is 0 Å². The summed E-state index contributed by atoms with van der Waals surface area (Å²) in [6.45, 7) is 6.05. The van der Waals surface area contributed by atoms with Gasteiger partial charge < -0.3 is 14.8 Å². The van der Waals surface area contributed by atoms with E-state index < -0.39 is 17.7 Å². The molecule has 2 aliphatic rings. The molecule has 8 heteroatoms. The van der Waals surface area contributed by atoms with E-state index in [1.807, 2.05) is 20.8 Å². The van der Waals surface area contributed by atoms with Crippen LogP contribution in [0.25, 0.3) is 0 Å². The van der Waals surface area contributed by atoms with Crippen LogP contribution >= 0.6 is 11.6 Å². The molecule has 3 rings (SSSR count). The van der Waals surface area contributed by atoms with Gasteiger partial charge in [-0.1, -0.05) is 11.6 Å². The Morgan fingerprint density at radius 3 is 2.52 bits per heavy atom. The van der Waals surface area contributed by atoms with Gasteiger partial charge in [-0.2, -0.15) is 0 Å². The van der Waals surface area contributed by atoms with E-state index in [0.717, 1.165) is 32.1 Å². The highest BCUT2D eigenvalue weighted by molar-refractivity contribution is 6.30. The molecule has 1 atom stereocenters. The topological polar surface area (TPSA) is 80.8 Å². The fourth-order valence-electron chi connectivity index (χ4n) is 3.80. The predicted molar refractivity (Wildman–Crippen MR) is 110 cm³/mol. The Morgan fingerprint density at radius 1 is 1.17 bits per heavy atom. The van der Waals surface area contributed by atoms with E-state index >= 15 is 0 Å². The third-order valence-corrected chi connectivity index (χ3v) is 5.42. The van der Waals surface area contributed by atoms with Crippen LogP contribution in [0.15, 0.2) is 18.3 Å². The number of rotatable bonds is 4. The maximum absolute atomic E-state index is 12.8. The van der Waals surface area contributed by atoms with Crippen LogP contribution in [0, 0.1) is 0 Å². The van der Waals surface area contributed by atoms with E-state index in [1.54, 1.807) is 23.2 Å². The van der Waals surface area contributed by atoms with Gasteiger partial charge in [-0.25, -0.2) is 9.78 Å². The molecule has 0 bridgehead atoms. The lowest BCUT2D eigenvalue weighted by molar-refractivity contribution is -0.126. The Balaban J connectivity index is 1.46. The molecule has 1 aliphatic carbocycles. The van der Waals surface area contributed by atoms with Crippen LogP contribution in [0.2, 0.25) is 5.02 Å². The van der Waals surface area contributed by atoms with Gasteiger partial charge in [0.15, 0.2) is 0 Å². The summed E-state index contributed by atoms with van der Waals surface area (Å²) < 4.78 is 11.4. The van der Waals surface area contributed by atoms with Crippen LogP contribution in [-0.4, -0.2) is 52.2 Å². The summed E-state index contributed by atoms with van der Waals surface area (Å²) in [5, 5.41) is 3.70. The molecule has 1 aromatic rings. The molecular weight excluding hydrogens is 394 g/mol. The van der Waals surface area contributed by atoms with Crippen LogP contribution < -0.4 is 10.1 Å². The second kappa shape index (κ2) is 9.20. The fourth-order valence-corrected chi connectivity index (χ4v) is 3.92. The van der Waals surface area contributed by atoms with Gasteiger partial charge in [-0.05, 0) is 65.4 Å². The Hall–Kier alpha value is -2.02. The maximum Gasteiger partial charge on any atom is 0.410 e. The Kier molecular flexibility index (Phi) is 6.88. The zero-order valence-electron chi connectivity index (χ0n) is 17.3. The van der Waals surface area contributed by atoms with E-state index in [9.17, 15) is 9.59 Å². The van der Waals surface area contributed by atoms with Crippen molar-refractivity contribution in [1.29, 1.82) is 0 Å². The molecule has 1 aliphatic heterocycles. The minimum atomic E-state index is -0.571. The van der Waals surface area contributed by atoms with E-state index in [1.165, 1.54) is 0 Å². The van der Waals surface area contributed by atoms with Crippen molar-refractivity contribution < 1.29 is 19.1 Å². The van der Waals surface area contributed by atoms with Gasteiger partial charge >= 0.3 is 6.09 Å². The summed E-state index contributed by atoms with van der Waals surface area (Å²) in [6, 6.07) is 3.17. The number of aromatic nitrogens is 1. The summed E-state index contributed by atoms with van der Waals surface area (Å²) in [6.07, 6.45) is 6.08. The number of hydrogen-bond acceptors (Lipinski definition) is 5. The van der Waals surface area contributed by atoms with Crippen molar-refractivity contribution in [2.24, 2.45) is 0 Å². The minimum Gasteiger partial charge on any atom is -0.474 e. The highest BCUT2D eigenvalue weighted by Gasteiger charge is 2.37. The van der Waals surface area contributed by atoms with Crippen molar-refractivity contribution in [2.45, 2.75) is 83.1 Å². The number of pyridine rings is 1. The molecule has 1 aromatic heterocycles. The van der Waals surface area contributed by atoms with Gasteiger partial charge in [0.1, 0.15) is 17.7 Å². The van der Waals surface area contributed by atoms with Crippen LogP contribution in [0.5, 0.6) is 5.88 Å². The Labute approximate surface area is 177 Å². The largest absolute Gasteiger partial charge is 0.474 e. The average molecular weight is 424 g/mol. The molecule has 2 heterocycles. The zero-order valence-corrected chi connectivity index (χ0v) is 18.1. The number of carbonyl (C=O) groups is 2. The summed E-state index contributed by atoms with van der Waals surface area (Å²) in [7, 11) is 0. The quantitative estimate of drug-likeness (QED) is 0.793. The van der Waals surface area contributed by atoms with Crippen LogP contribution in [0.4, 0.5) is 4.79 Å². The maximum atomic E-state index is 12.8. The molecule has 2 fully saturated rings. The van der Waals surface area contributed by atoms with E-state index in [-0.39, 0.29) is 18.1 Å². The number of amides is 2. The third-order valence-electron chi connectivity index (χ3n) is 5.19. The first-order chi connectivity index (χ1) is 13.7. The summed E-state index contributed by atoms with van der Waals surface area (Å²) in [4.78, 5) is 30.9. The first-order valence-corrected chi connectivity index (χ1v) is 10.7. The van der Waals surface area contributed by atoms with E-state index in [2.05, 4.69) is 10.3 Å². The SMILES string of the molecule is CC(C)(C)OC(=O)N1CCCC1C(=O)NC1CCC(Oc2ccc(Cl)cn2)CC1. The van der Waals surface area contributed by atoms with Crippen molar-refractivity contribution in [3.8, 4) is 5.88 Å². The number of halogens is 1. The highest BCUT2D eigenvalue weighted by Crippen LogP contribution is 2.25. The standard InChI is InChI=1S/C21H30ClN3O4/c1-21(2,3)29-20(27)25-12-4-5-17(25)19(26)24-15-7-9-16(10-8-15)28-18-11-6-14(22)13-23-18/h6,11,13,15-17H,4-5,7-10,12H2,1-3H3,(H,24,26). The Bertz CT molecular complexity index is 712. The molecular formula is C21H30ClN3O4. The molecule has 29 heavy (non-hydrogen) atoms. The lowest BCUT2D eigenvalue weighted by Gasteiger charge is -2.32. The number of ether oxygens (including phenoxy) is 2. The van der Waals surface area contributed by atoms with E-state index in [0.29, 0.717) is 23.9 Å². The van der Waals surface area contributed by atoms with Crippen molar-refractivity contribution in [2.75, 3.05) is 6.54 Å². The summed E-state index contributed by atoms with van der Waals surface area (Å²) in [5.41, 5.74) is -0.571. The zero-order chi connectivity index (χ0) is 21.0. The average Bonchev–Trinajstić information content (AvgIpc) is 3.14. The molecule has 0 aromatic carbocycles. The molecule has 0 spiro atoms. The summed E-state index contributed by atoms with van der Waals surface area (Å²) in [5.74, 6) is 0.484. The highest BCUT2D eigenvalue weighted by atomic mass is 35.5. The second-order valence-electron chi connectivity index (χ2n) is 8.75. The lowest BCUT2D eigenvalue weighted by Crippen LogP contribution is -2.50. The first-order valence-electron chi connectivity index (χ1n) is 10.3. The number of nitrogens with one attached hydrogen (secondary N) is 1. The van der Waals surface area contributed by atoms with Crippen LogP contribution in [-0.2, 0) is 9.53 Å². The third kappa shape index (κ3) is 6.23. The molecule has 1 unspecified atom stereocenters. The minimum absolute atomic E-state index is 0.0848. The molecule has 160 valence electrons. The number of likely N-dealkylation sites (tertiary alicyclic amines) is 1. The monoisotopic (exact) mass is 423 g/mol. The molecule has 0 radical (unpaired) electrons. The van der Waals surface area contributed by atoms with Crippen LogP contribution in [0.1, 0.15) is 59.3 Å². The predicted octanol–water partition coefficient (Wildman–Crippen LogP) is 3.94. The smallest absolute Gasteiger partial charge is 0.410 e. The van der Waals surface area contributed by atoms with E-state index in [4.69, 9.17) is 21.1 Å². The Morgan fingerprint density at radius 2 is 1.90 bits per heavy atom. The molecule has 7 nitrogen and oxygen atoms in total. The van der Waals surface area contributed by atoms with Gasteiger partial charge in [0.05, 0.1) is 5.02 Å². The number of nitrogens with zero attached hydrogens (tertiary/aromatic N) is 2. The second-order valence-corrected chi connectivity index (χ2v) is 9.18. The van der Waals surface area contributed by atoms with Gasteiger partial charge in [0, 0.05) is 24.8 Å². The van der Waals surface area contributed by atoms with Gasteiger partial charge in [0.2, 0.25) is 11.8 Å². The lowest BCUT2D eigenvalue weighted by atomic mass is 9.92. The van der Waals surface area contributed by atoms with Crippen LogP contribution in [0.3, 0.4) is 0 Å². The van der Waals surface area contributed by atoms with Gasteiger partial charge in [-0.3, -0.25) is 9.69 Å². The van der Waals surface area contributed by atoms with Gasteiger partial charge in [0.25, 0.3) is 0 Å². The number of carbonyl (C=O) groups excluding carboxylic acids is 2. The molecule has 2 amide bonds. The number of hydrogen-bond donors (Lipinski definition) is 1. The van der Waals surface area contributed by atoms with Crippen molar-refractivity contribution in [3.63, 3.8) is 0 Å². The fraction of sp³-hybridized carbons (Fsp3) is 0.667. The molecule has 1 N–H and O–H groups in total. The van der Waals surface area contributed by atoms with Crippen molar-refractivity contribution >= 4 is 23.6 Å².